The van der Waals surface area contributed by atoms with Crippen LogP contribution in [0.1, 0.15) is 48.0 Å². The molecular weight excluding hydrogens is 450 g/mol. The number of thiophene rings is 1. The fourth-order valence-electron chi connectivity index (χ4n) is 5.04. The second kappa shape index (κ2) is 9.18. The van der Waals surface area contributed by atoms with Crippen LogP contribution in [-0.4, -0.2) is 35.1 Å². The van der Waals surface area contributed by atoms with Crippen LogP contribution in [0.25, 0.3) is 16.4 Å². The Morgan fingerprint density at radius 1 is 1.15 bits per heavy atom. The van der Waals surface area contributed by atoms with Crippen LogP contribution in [0.4, 0.5) is 0 Å². The van der Waals surface area contributed by atoms with E-state index < -0.39 is 0 Å². The molecule has 1 saturated carbocycles. The number of aromatic nitrogens is 2. The number of carbonyl (C=O) groups excluding carboxylic acids is 1. The predicted octanol–water partition coefficient (Wildman–Crippen LogP) is 4.69. The zero-order valence-electron chi connectivity index (χ0n) is 19.7. The molecule has 34 heavy (non-hydrogen) atoms. The van der Waals surface area contributed by atoms with Gasteiger partial charge in [-0.3, -0.25) is 14.2 Å². The number of rotatable bonds is 6. The van der Waals surface area contributed by atoms with Crippen molar-refractivity contribution in [1.82, 2.24) is 14.3 Å². The van der Waals surface area contributed by atoms with E-state index in [2.05, 4.69) is 12.2 Å². The van der Waals surface area contributed by atoms with Gasteiger partial charge in [0, 0.05) is 22.5 Å². The standard InChI is InChI=1S/C26H29N3O4S/c1-16-7-4-5-9-19(16)27-25(30)21-15-28-20(26(31)29(21)14-17-8-6-12-34-17)13-18-22(32-2)10-11-23(33-3)24(18)28/h6,8,10-13,15-16,19H,4-5,7,9,14H2,1-3H3,(H,27,30). The Kier molecular flexibility index (Phi) is 6.08. The third-order valence-corrected chi connectivity index (χ3v) is 7.78. The molecule has 0 aliphatic heterocycles. The van der Waals surface area contributed by atoms with Crippen LogP contribution < -0.4 is 20.3 Å². The molecule has 7 nitrogen and oxygen atoms in total. The Bertz CT molecular complexity index is 1400. The lowest BCUT2D eigenvalue weighted by molar-refractivity contribution is 0.0899. The first-order valence-electron chi connectivity index (χ1n) is 11.6. The van der Waals surface area contributed by atoms with E-state index in [0.29, 0.717) is 40.7 Å². The highest BCUT2D eigenvalue weighted by atomic mass is 32.1. The van der Waals surface area contributed by atoms with E-state index >= 15 is 0 Å². The third-order valence-electron chi connectivity index (χ3n) is 6.92. The molecule has 5 rings (SSSR count). The number of hydrogen-bond acceptors (Lipinski definition) is 5. The lowest BCUT2D eigenvalue weighted by atomic mass is 9.86. The molecule has 3 heterocycles. The van der Waals surface area contributed by atoms with Crippen molar-refractivity contribution in [3.05, 3.63) is 62.8 Å². The normalized spacial score (nSPS) is 18.3. The smallest absolute Gasteiger partial charge is 0.275 e. The monoisotopic (exact) mass is 479 g/mol. The average Bonchev–Trinajstić information content (AvgIpc) is 3.50. The van der Waals surface area contributed by atoms with Crippen LogP contribution in [0.3, 0.4) is 0 Å². The molecule has 1 aliphatic carbocycles. The molecule has 0 bridgehead atoms. The van der Waals surface area contributed by atoms with Crippen molar-refractivity contribution in [3.63, 3.8) is 0 Å². The topological polar surface area (TPSA) is 74.0 Å². The molecule has 1 aromatic carbocycles. The van der Waals surface area contributed by atoms with Crippen molar-refractivity contribution in [1.29, 1.82) is 0 Å². The van der Waals surface area contributed by atoms with Crippen molar-refractivity contribution >= 4 is 33.7 Å². The van der Waals surface area contributed by atoms with Crippen molar-refractivity contribution in [3.8, 4) is 11.5 Å². The summed E-state index contributed by atoms with van der Waals surface area (Å²) >= 11 is 1.57. The molecule has 2 atom stereocenters. The van der Waals surface area contributed by atoms with Crippen LogP contribution in [0.15, 0.2) is 46.7 Å². The third kappa shape index (κ3) is 3.86. The minimum atomic E-state index is -0.224. The number of methoxy groups -OCH3 is 2. The lowest BCUT2D eigenvalue weighted by Crippen LogP contribution is -2.43. The van der Waals surface area contributed by atoms with Gasteiger partial charge < -0.3 is 19.2 Å². The zero-order chi connectivity index (χ0) is 23.8. The van der Waals surface area contributed by atoms with Gasteiger partial charge in [-0.05, 0) is 48.4 Å². The number of fused-ring (bicyclic) bond motifs is 3. The highest BCUT2D eigenvalue weighted by molar-refractivity contribution is 7.09. The summed E-state index contributed by atoms with van der Waals surface area (Å²) in [6.45, 7) is 2.52. The molecule has 0 radical (unpaired) electrons. The molecule has 1 N–H and O–H groups in total. The van der Waals surface area contributed by atoms with Crippen LogP contribution in [0.2, 0.25) is 0 Å². The van der Waals surface area contributed by atoms with E-state index in [1.165, 1.54) is 6.42 Å². The Morgan fingerprint density at radius 2 is 1.91 bits per heavy atom. The summed E-state index contributed by atoms with van der Waals surface area (Å²) in [5.41, 5.74) is 1.29. The quantitative estimate of drug-likeness (QED) is 0.435. The number of hydrogen-bond donors (Lipinski definition) is 1. The maximum absolute atomic E-state index is 13.8. The van der Waals surface area contributed by atoms with Gasteiger partial charge in [0.1, 0.15) is 22.7 Å². The lowest BCUT2D eigenvalue weighted by Gasteiger charge is -2.29. The van der Waals surface area contributed by atoms with E-state index in [0.717, 1.165) is 29.5 Å². The number of benzene rings is 1. The summed E-state index contributed by atoms with van der Waals surface area (Å²) in [5.74, 6) is 1.44. The molecule has 3 aromatic heterocycles. The molecule has 1 aliphatic rings. The van der Waals surface area contributed by atoms with Gasteiger partial charge in [-0.25, -0.2) is 0 Å². The van der Waals surface area contributed by atoms with Crippen LogP contribution in [0, 0.1) is 5.92 Å². The van der Waals surface area contributed by atoms with Crippen molar-refractivity contribution in [2.24, 2.45) is 5.92 Å². The SMILES string of the molecule is COc1ccc(OC)c2c1cc1c(=O)n(Cc3cccs3)c(C(=O)NC3CCCCC3C)cn12. The van der Waals surface area contributed by atoms with Gasteiger partial charge in [0.05, 0.1) is 26.3 Å². The van der Waals surface area contributed by atoms with Gasteiger partial charge in [-0.1, -0.05) is 25.8 Å². The summed E-state index contributed by atoms with van der Waals surface area (Å²) in [6.07, 6.45) is 6.12. The first kappa shape index (κ1) is 22.5. The Labute approximate surface area is 201 Å². The van der Waals surface area contributed by atoms with E-state index in [1.54, 1.807) is 40.7 Å². The van der Waals surface area contributed by atoms with E-state index in [4.69, 9.17) is 9.47 Å². The highest BCUT2D eigenvalue weighted by Crippen LogP contribution is 2.35. The van der Waals surface area contributed by atoms with Gasteiger partial charge in [0.2, 0.25) is 0 Å². The zero-order valence-corrected chi connectivity index (χ0v) is 20.5. The molecule has 1 fully saturated rings. The number of ether oxygens (including phenoxy) is 2. The summed E-state index contributed by atoms with van der Waals surface area (Å²) in [4.78, 5) is 28.4. The number of nitrogens with zero attached hydrogens (tertiary/aromatic N) is 2. The summed E-state index contributed by atoms with van der Waals surface area (Å²) < 4.78 is 14.5. The van der Waals surface area contributed by atoms with Gasteiger partial charge in [0.15, 0.2) is 0 Å². The Hall–Kier alpha value is -3.26. The van der Waals surface area contributed by atoms with Gasteiger partial charge in [0.25, 0.3) is 11.5 Å². The summed E-state index contributed by atoms with van der Waals surface area (Å²) in [5, 5.41) is 5.96. The first-order chi connectivity index (χ1) is 16.5. The fourth-order valence-corrected chi connectivity index (χ4v) is 5.73. The Balaban J connectivity index is 1.71. The maximum Gasteiger partial charge on any atom is 0.275 e. The second-order valence-corrected chi connectivity index (χ2v) is 9.99. The maximum atomic E-state index is 13.8. The van der Waals surface area contributed by atoms with E-state index in [9.17, 15) is 9.59 Å². The van der Waals surface area contributed by atoms with Crippen molar-refractivity contribution < 1.29 is 14.3 Å². The van der Waals surface area contributed by atoms with Gasteiger partial charge in [-0.15, -0.1) is 11.3 Å². The van der Waals surface area contributed by atoms with Crippen LogP contribution in [-0.2, 0) is 6.54 Å². The van der Waals surface area contributed by atoms with E-state index in [1.807, 2.05) is 35.7 Å². The molecule has 8 heteroatoms. The molecular formula is C26H29N3O4S. The minimum absolute atomic E-state index is 0.110. The predicted molar refractivity (Wildman–Crippen MR) is 135 cm³/mol. The van der Waals surface area contributed by atoms with Gasteiger partial charge >= 0.3 is 0 Å². The van der Waals surface area contributed by atoms with Gasteiger partial charge in [-0.2, -0.15) is 0 Å². The number of nitrogens with one attached hydrogen (secondary N) is 1. The number of carbonyl (C=O) groups is 1. The summed E-state index contributed by atoms with van der Waals surface area (Å²) in [6, 6.07) is 9.49. The molecule has 0 saturated heterocycles. The average molecular weight is 480 g/mol. The molecule has 4 aromatic rings. The summed E-state index contributed by atoms with van der Waals surface area (Å²) in [7, 11) is 3.19. The molecule has 178 valence electrons. The molecule has 0 spiro atoms. The fraction of sp³-hybridized carbons (Fsp3) is 0.385. The van der Waals surface area contributed by atoms with Crippen molar-refractivity contribution in [2.75, 3.05) is 14.2 Å². The molecule has 1 amide bonds. The van der Waals surface area contributed by atoms with Crippen molar-refractivity contribution in [2.45, 2.75) is 45.2 Å². The first-order valence-corrected chi connectivity index (χ1v) is 12.5. The minimum Gasteiger partial charge on any atom is -0.496 e. The Morgan fingerprint density at radius 3 is 2.62 bits per heavy atom. The van der Waals surface area contributed by atoms with E-state index in [-0.39, 0.29) is 17.5 Å². The largest absolute Gasteiger partial charge is 0.496 e. The molecule has 2 unspecified atom stereocenters. The highest BCUT2D eigenvalue weighted by Gasteiger charge is 2.26. The van der Waals surface area contributed by atoms with Crippen LogP contribution in [0.5, 0.6) is 11.5 Å². The number of amides is 1. The van der Waals surface area contributed by atoms with Crippen LogP contribution >= 0.6 is 11.3 Å². The second-order valence-electron chi connectivity index (χ2n) is 8.96.